The fourth-order valence-electron chi connectivity index (χ4n) is 1.81. The number of aromatic nitrogens is 2. The van der Waals surface area contributed by atoms with Gasteiger partial charge in [-0.1, -0.05) is 0 Å². The van der Waals surface area contributed by atoms with E-state index >= 15 is 0 Å². The molecule has 1 aliphatic rings. The first-order chi connectivity index (χ1) is 8.77. The molecule has 0 aliphatic carbocycles. The van der Waals surface area contributed by atoms with Crippen LogP contribution in [0.15, 0.2) is 12.4 Å². The molecule has 0 radical (unpaired) electrons. The van der Waals surface area contributed by atoms with E-state index in [2.05, 4.69) is 9.97 Å². The zero-order valence-electron chi connectivity index (χ0n) is 9.87. The summed E-state index contributed by atoms with van der Waals surface area (Å²) in [5.74, 6) is -0.0251. The molecule has 0 spiro atoms. The van der Waals surface area contributed by atoms with E-state index < -0.39 is 12.0 Å². The van der Waals surface area contributed by atoms with Gasteiger partial charge in [0.05, 0.1) is 20.3 Å². The summed E-state index contributed by atoms with van der Waals surface area (Å²) in [6.07, 6.45) is 2.93. The van der Waals surface area contributed by atoms with E-state index in [0.717, 1.165) is 0 Å². The minimum Gasteiger partial charge on any atom is -0.467 e. The lowest BCUT2D eigenvalue weighted by atomic mass is 10.2. The van der Waals surface area contributed by atoms with Crippen molar-refractivity contribution in [2.75, 3.05) is 31.8 Å². The number of carbonyl (C=O) groups excluding carboxylic acids is 1. The molecule has 2 heterocycles. The van der Waals surface area contributed by atoms with Crippen molar-refractivity contribution >= 4 is 11.8 Å². The molecule has 0 saturated carbocycles. The summed E-state index contributed by atoms with van der Waals surface area (Å²) >= 11 is 0. The Labute approximate surface area is 104 Å². The van der Waals surface area contributed by atoms with Crippen LogP contribution in [-0.4, -0.2) is 48.8 Å². The second-order valence-electron chi connectivity index (χ2n) is 3.65. The molecule has 1 fully saturated rings. The van der Waals surface area contributed by atoms with Crippen molar-refractivity contribution in [3.63, 3.8) is 0 Å². The molecule has 1 aliphatic heterocycles. The van der Waals surface area contributed by atoms with Crippen LogP contribution in [0.4, 0.5) is 5.82 Å². The smallest absolute Gasteiger partial charge is 0.330 e. The monoisotopic (exact) mass is 248 g/mol. The molecule has 0 aromatic carbocycles. The van der Waals surface area contributed by atoms with E-state index in [-0.39, 0.29) is 12.3 Å². The maximum atomic E-state index is 11.7. The molecule has 94 valence electrons. The van der Waals surface area contributed by atoms with E-state index in [1.165, 1.54) is 19.5 Å². The van der Waals surface area contributed by atoms with Gasteiger partial charge in [-0.3, -0.25) is 0 Å². The highest BCUT2D eigenvalue weighted by atomic mass is 16.5. The number of anilines is 1. The summed E-state index contributed by atoms with van der Waals surface area (Å²) in [6, 6.07) is 1.37. The summed E-state index contributed by atoms with van der Waals surface area (Å²) in [6.45, 7) is 1.15. The van der Waals surface area contributed by atoms with Crippen LogP contribution in [0.5, 0.6) is 0 Å². The third kappa shape index (κ3) is 2.24. The summed E-state index contributed by atoms with van der Waals surface area (Å²) in [4.78, 5) is 21.4. The van der Waals surface area contributed by atoms with Gasteiger partial charge >= 0.3 is 5.97 Å². The lowest BCUT2D eigenvalue weighted by Gasteiger charge is -2.34. The van der Waals surface area contributed by atoms with Crippen molar-refractivity contribution in [2.45, 2.75) is 6.04 Å². The van der Waals surface area contributed by atoms with Crippen molar-refractivity contribution < 1.29 is 14.3 Å². The van der Waals surface area contributed by atoms with Crippen LogP contribution in [0.3, 0.4) is 0 Å². The number of methoxy groups -OCH3 is 1. The van der Waals surface area contributed by atoms with Crippen molar-refractivity contribution in [1.82, 2.24) is 9.97 Å². The van der Waals surface area contributed by atoms with Gasteiger partial charge in [-0.15, -0.1) is 0 Å². The number of hydrogen-bond acceptors (Lipinski definition) is 7. The summed E-state index contributed by atoms with van der Waals surface area (Å²) < 4.78 is 9.98. The average Bonchev–Trinajstić information content (AvgIpc) is 2.46. The normalized spacial score (nSPS) is 19.1. The Morgan fingerprint density at radius 1 is 1.61 bits per heavy atom. The molecule has 18 heavy (non-hydrogen) atoms. The number of rotatable bonds is 2. The number of hydrogen-bond donors (Lipinski definition) is 0. The maximum Gasteiger partial charge on any atom is 0.330 e. The van der Waals surface area contributed by atoms with Crippen LogP contribution in [0, 0.1) is 11.3 Å². The second-order valence-corrected chi connectivity index (χ2v) is 3.65. The first-order valence-electron chi connectivity index (χ1n) is 5.41. The predicted molar refractivity (Wildman–Crippen MR) is 60.7 cm³/mol. The number of nitrogens with zero attached hydrogens (tertiary/aromatic N) is 4. The molecule has 7 heteroatoms. The molecule has 1 aromatic rings. The first kappa shape index (κ1) is 12.3. The van der Waals surface area contributed by atoms with E-state index in [0.29, 0.717) is 19.0 Å². The van der Waals surface area contributed by atoms with Gasteiger partial charge in [0.1, 0.15) is 6.07 Å². The molecule has 1 atom stereocenters. The second kappa shape index (κ2) is 5.42. The van der Waals surface area contributed by atoms with Gasteiger partial charge in [-0.25, -0.2) is 14.8 Å². The molecule has 1 aromatic heterocycles. The molecule has 7 nitrogen and oxygen atoms in total. The fraction of sp³-hybridized carbons (Fsp3) is 0.455. The van der Waals surface area contributed by atoms with Crippen LogP contribution in [0.25, 0.3) is 0 Å². The van der Waals surface area contributed by atoms with Crippen LogP contribution in [0.2, 0.25) is 0 Å². The van der Waals surface area contributed by atoms with Gasteiger partial charge in [0, 0.05) is 18.9 Å². The zero-order chi connectivity index (χ0) is 13.0. The first-order valence-corrected chi connectivity index (χ1v) is 5.41. The number of nitriles is 1. The highest BCUT2D eigenvalue weighted by Crippen LogP contribution is 2.20. The zero-order valence-corrected chi connectivity index (χ0v) is 9.87. The van der Waals surface area contributed by atoms with Crippen molar-refractivity contribution in [1.29, 1.82) is 5.26 Å². The van der Waals surface area contributed by atoms with Crippen LogP contribution in [-0.2, 0) is 14.3 Å². The quantitative estimate of drug-likeness (QED) is 0.665. The van der Waals surface area contributed by atoms with Gasteiger partial charge in [0.25, 0.3) is 0 Å². The third-order valence-corrected chi connectivity index (χ3v) is 2.66. The summed E-state index contributed by atoms with van der Waals surface area (Å²) in [5, 5.41) is 9.00. The molecular weight excluding hydrogens is 236 g/mol. The van der Waals surface area contributed by atoms with Crippen LogP contribution < -0.4 is 4.90 Å². The summed E-state index contributed by atoms with van der Waals surface area (Å²) in [7, 11) is 1.32. The topological polar surface area (TPSA) is 88.3 Å². The molecule has 0 amide bonds. The standard InChI is InChI=1S/C11H12N4O3/c1-17-11(16)9-7-18-5-4-15(9)10-8(6-12)13-2-3-14-10/h2-3,9H,4-5,7H2,1H3. The number of carbonyl (C=O) groups is 1. The molecule has 1 saturated heterocycles. The highest BCUT2D eigenvalue weighted by Gasteiger charge is 2.32. The van der Waals surface area contributed by atoms with Crippen molar-refractivity contribution in [2.24, 2.45) is 0 Å². The SMILES string of the molecule is COC(=O)C1COCCN1c1nccnc1C#N. The molecule has 2 rings (SSSR count). The largest absolute Gasteiger partial charge is 0.467 e. The number of esters is 1. The van der Waals surface area contributed by atoms with Gasteiger partial charge in [0.2, 0.25) is 0 Å². The highest BCUT2D eigenvalue weighted by molar-refractivity contribution is 5.80. The Bertz CT molecular complexity index is 485. The van der Waals surface area contributed by atoms with Gasteiger partial charge in [0.15, 0.2) is 17.6 Å². The van der Waals surface area contributed by atoms with Crippen LogP contribution >= 0.6 is 0 Å². The van der Waals surface area contributed by atoms with Gasteiger partial charge < -0.3 is 14.4 Å². The summed E-state index contributed by atoms with van der Waals surface area (Å²) in [5.41, 5.74) is 0.188. The Balaban J connectivity index is 2.34. The fourth-order valence-corrected chi connectivity index (χ4v) is 1.81. The maximum absolute atomic E-state index is 11.7. The number of ether oxygens (including phenoxy) is 2. The minimum atomic E-state index is -0.590. The van der Waals surface area contributed by atoms with Crippen molar-refractivity contribution in [3.8, 4) is 6.07 Å². The molecular formula is C11H12N4O3. The number of morpholine rings is 1. The van der Waals surface area contributed by atoms with Crippen molar-refractivity contribution in [3.05, 3.63) is 18.1 Å². The Morgan fingerprint density at radius 2 is 2.39 bits per heavy atom. The van der Waals surface area contributed by atoms with E-state index in [4.69, 9.17) is 14.7 Å². The van der Waals surface area contributed by atoms with Crippen LogP contribution in [0.1, 0.15) is 5.69 Å². The molecule has 0 bridgehead atoms. The van der Waals surface area contributed by atoms with Gasteiger partial charge in [-0.2, -0.15) is 5.26 Å². The van der Waals surface area contributed by atoms with E-state index in [9.17, 15) is 4.79 Å². The van der Waals surface area contributed by atoms with E-state index in [1.54, 1.807) is 4.90 Å². The Hall–Kier alpha value is -2.20. The Morgan fingerprint density at radius 3 is 3.11 bits per heavy atom. The van der Waals surface area contributed by atoms with E-state index in [1.807, 2.05) is 6.07 Å². The minimum absolute atomic E-state index is 0.188. The lowest BCUT2D eigenvalue weighted by molar-refractivity contribution is -0.144. The van der Waals surface area contributed by atoms with Gasteiger partial charge in [-0.05, 0) is 0 Å². The third-order valence-electron chi connectivity index (χ3n) is 2.66. The Kier molecular flexibility index (Phi) is 3.69. The lowest BCUT2D eigenvalue weighted by Crippen LogP contribution is -2.51. The molecule has 1 unspecified atom stereocenters. The average molecular weight is 248 g/mol. The predicted octanol–water partition coefficient (Wildman–Crippen LogP) is -0.274. The molecule has 0 N–H and O–H groups in total.